The third-order valence-corrected chi connectivity index (χ3v) is 10.6. The number of carbonyl (C=O) groups excluding carboxylic acids is 8. The van der Waals surface area contributed by atoms with Crippen LogP contribution < -0.4 is 37.6 Å². The molecule has 0 bridgehead atoms. The molecule has 0 aliphatic carbocycles. The van der Waals surface area contributed by atoms with E-state index in [4.69, 9.17) is 5.73 Å². The number of carboxylic acids is 1. The van der Waals surface area contributed by atoms with Crippen LogP contribution in [0.5, 0.6) is 5.75 Å². The van der Waals surface area contributed by atoms with Gasteiger partial charge in [0.1, 0.15) is 48.0 Å². The summed E-state index contributed by atoms with van der Waals surface area (Å²) in [7, 11) is 0. The van der Waals surface area contributed by atoms with Gasteiger partial charge in [-0.15, -0.1) is 0 Å². The molecule has 0 saturated carbocycles. The van der Waals surface area contributed by atoms with Crippen molar-refractivity contribution in [1.82, 2.24) is 41.7 Å². The Morgan fingerprint density at radius 1 is 0.726 bits per heavy atom. The Morgan fingerprint density at radius 3 is 1.87 bits per heavy atom. The zero-order valence-electron chi connectivity index (χ0n) is 36.1. The Hall–Kier alpha value is -5.83. The molecule has 21 nitrogen and oxygen atoms in total. The van der Waals surface area contributed by atoms with Crippen molar-refractivity contribution in [2.24, 2.45) is 17.6 Å². The molecule has 2 aliphatic heterocycles. The van der Waals surface area contributed by atoms with E-state index >= 15 is 0 Å². The number of likely N-dealkylation sites (tertiary alicyclic amines) is 2. The van der Waals surface area contributed by atoms with Gasteiger partial charge < -0.3 is 62.8 Å². The Labute approximate surface area is 360 Å². The van der Waals surface area contributed by atoms with E-state index in [1.807, 2.05) is 13.8 Å². The molecule has 8 atom stereocenters. The first kappa shape index (κ1) is 50.5. The predicted molar refractivity (Wildman–Crippen MR) is 222 cm³/mol. The molecule has 1 aromatic carbocycles. The number of nitrogens with one attached hydrogen (secondary N) is 6. The molecular weight excluding hydrogens is 811 g/mol. The van der Waals surface area contributed by atoms with E-state index in [0.29, 0.717) is 31.2 Å². The second kappa shape index (κ2) is 23.4. The summed E-state index contributed by atoms with van der Waals surface area (Å²) in [6, 6.07) is -3.36. The topological polar surface area (TPSA) is 319 Å². The van der Waals surface area contributed by atoms with Crippen molar-refractivity contribution in [2.45, 2.75) is 128 Å². The molecule has 21 heteroatoms. The molecule has 8 amide bonds. The van der Waals surface area contributed by atoms with Crippen molar-refractivity contribution in [3.63, 3.8) is 0 Å². The number of aliphatic hydroxyl groups is 1. The molecule has 2 heterocycles. The number of hydrogen-bond donors (Lipinski definition) is 10. The first-order valence-electron chi connectivity index (χ1n) is 20.9. The molecule has 0 unspecified atom stereocenters. The van der Waals surface area contributed by atoms with Crippen LogP contribution in [0.25, 0.3) is 0 Å². The standard InChI is InChI=1S/C41H63N9O12/c1-21(2)17-27(46-34(54)23(5)42)35(55)43-19-32(53)45-29(20-51)37(57)47-28(18-25-11-13-26(52)14-12-25)36(56)44-24(6)39(59)50-16-8-10-31(50)40(60)49-15-7-9-30(49)38(58)48-33(22(3)4)41(61)62/h11-14,21-24,27-31,33,51-52H,7-10,15-20,42H2,1-6H3,(H,43,55)(H,44,56)(H,45,53)(H,46,54)(H,47,57)(H,48,58)(H,61,62)/t23-,24-,27-,28-,29-,30-,31-,33-/m0/s1. The molecule has 0 radical (unpaired) electrons. The van der Waals surface area contributed by atoms with Crippen LogP contribution >= 0.6 is 0 Å². The maximum Gasteiger partial charge on any atom is 0.326 e. The van der Waals surface area contributed by atoms with Crippen molar-refractivity contribution in [1.29, 1.82) is 0 Å². The highest BCUT2D eigenvalue weighted by Crippen LogP contribution is 2.26. The van der Waals surface area contributed by atoms with Crippen molar-refractivity contribution < 1.29 is 58.5 Å². The Morgan fingerprint density at radius 2 is 1.31 bits per heavy atom. The van der Waals surface area contributed by atoms with Crippen molar-refractivity contribution in [2.75, 3.05) is 26.2 Å². The van der Waals surface area contributed by atoms with E-state index in [9.17, 15) is 58.5 Å². The number of nitrogens with zero attached hydrogens (tertiary/aromatic N) is 2. The first-order valence-corrected chi connectivity index (χ1v) is 20.9. The second-order valence-corrected chi connectivity index (χ2v) is 16.6. The molecule has 3 rings (SSSR count). The van der Waals surface area contributed by atoms with E-state index in [0.717, 1.165) is 0 Å². The summed E-state index contributed by atoms with van der Waals surface area (Å²) >= 11 is 0. The highest BCUT2D eigenvalue weighted by atomic mass is 16.4. The maximum atomic E-state index is 13.9. The second-order valence-electron chi connectivity index (χ2n) is 16.6. The van der Waals surface area contributed by atoms with Crippen LogP contribution in [0.15, 0.2) is 24.3 Å². The van der Waals surface area contributed by atoms with Crippen molar-refractivity contribution >= 4 is 53.2 Å². The molecule has 2 saturated heterocycles. The monoisotopic (exact) mass is 873 g/mol. The number of aliphatic carboxylic acids is 1. The number of phenols is 1. The summed E-state index contributed by atoms with van der Waals surface area (Å²) in [4.78, 5) is 121. The van der Waals surface area contributed by atoms with Crippen LogP contribution in [0.3, 0.4) is 0 Å². The number of aromatic hydroxyl groups is 1. The zero-order chi connectivity index (χ0) is 46.4. The lowest BCUT2D eigenvalue weighted by atomic mass is 10.0. The number of benzene rings is 1. The van der Waals surface area contributed by atoms with Gasteiger partial charge in [0.15, 0.2) is 0 Å². The van der Waals surface area contributed by atoms with Gasteiger partial charge >= 0.3 is 5.97 Å². The van der Waals surface area contributed by atoms with Gasteiger partial charge in [-0.05, 0) is 75.5 Å². The lowest BCUT2D eigenvalue weighted by Gasteiger charge is -2.33. The molecule has 2 aliphatic rings. The first-order chi connectivity index (χ1) is 29.1. The normalized spacial score (nSPS) is 19.1. The SMILES string of the molecule is CC(C)C[C@H](NC(=O)[C@H](C)N)C(=O)NCC(=O)N[C@@H](CO)C(=O)N[C@@H](Cc1ccc(O)cc1)C(=O)N[C@@H](C)C(=O)N1CCC[C@H]1C(=O)N1CCC[C@H]1C(=O)N[C@H](C(=O)O)C(C)C. The largest absolute Gasteiger partial charge is 0.508 e. The number of carbonyl (C=O) groups is 9. The smallest absolute Gasteiger partial charge is 0.326 e. The number of rotatable bonds is 21. The lowest BCUT2D eigenvalue weighted by Crippen LogP contribution is -2.59. The zero-order valence-corrected chi connectivity index (χ0v) is 36.1. The number of phenolic OH excluding ortho intramolecular Hbond substituents is 1. The fraction of sp³-hybridized carbons (Fsp3) is 0.634. The summed E-state index contributed by atoms with van der Waals surface area (Å²) in [5, 5.41) is 44.3. The molecular formula is C41H63N9O12. The number of carboxylic acid groups (broad SMARTS) is 1. The average molecular weight is 874 g/mol. The summed E-state index contributed by atoms with van der Waals surface area (Å²) < 4.78 is 0. The van der Waals surface area contributed by atoms with E-state index in [1.54, 1.807) is 13.8 Å². The molecule has 1 aromatic rings. The summed E-state index contributed by atoms with van der Waals surface area (Å²) in [5.41, 5.74) is 6.10. The molecule has 2 fully saturated rings. The predicted octanol–water partition coefficient (Wildman–Crippen LogP) is -2.40. The van der Waals surface area contributed by atoms with E-state index in [2.05, 4.69) is 31.9 Å². The quantitative estimate of drug-likeness (QED) is 0.0617. The minimum absolute atomic E-state index is 0.00846. The maximum absolute atomic E-state index is 13.9. The summed E-state index contributed by atoms with van der Waals surface area (Å²) in [5.74, 6) is -7.27. The van der Waals surface area contributed by atoms with Crippen LogP contribution in [0.2, 0.25) is 0 Å². The van der Waals surface area contributed by atoms with Gasteiger partial charge in [0.2, 0.25) is 47.3 Å². The van der Waals surface area contributed by atoms with Gasteiger partial charge in [-0.2, -0.15) is 0 Å². The average Bonchev–Trinajstić information content (AvgIpc) is 3.91. The van der Waals surface area contributed by atoms with Gasteiger partial charge in [0, 0.05) is 19.5 Å². The molecule has 0 spiro atoms. The van der Waals surface area contributed by atoms with E-state index in [-0.39, 0.29) is 37.6 Å². The fourth-order valence-corrected chi connectivity index (χ4v) is 7.25. The van der Waals surface area contributed by atoms with E-state index < -0.39 is 121 Å². The Balaban J connectivity index is 1.70. The van der Waals surface area contributed by atoms with Crippen LogP contribution in [0, 0.1) is 11.8 Å². The van der Waals surface area contributed by atoms with Gasteiger partial charge in [0.05, 0.1) is 19.2 Å². The van der Waals surface area contributed by atoms with Gasteiger partial charge in [-0.3, -0.25) is 38.4 Å². The minimum Gasteiger partial charge on any atom is -0.508 e. The lowest BCUT2D eigenvalue weighted by molar-refractivity contribution is -0.149. The van der Waals surface area contributed by atoms with Crippen LogP contribution in [-0.2, 0) is 49.6 Å². The number of amides is 8. The van der Waals surface area contributed by atoms with Gasteiger partial charge in [-0.25, -0.2) is 4.79 Å². The number of nitrogens with two attached hydrogens (primary N) is 1. The van der Waals surface area contributed by atoms with Crippen LogP contribution in [0.4, 0.5) is 0 Å². The summed E-state index contributed by atoms with van der Waals surface area (Å²) in [6.07, 6.45) is 1.65. The minimum atomic E-state index is -1.59. The number of aliphatic hydroxyl groups excluding tert-OH is 1. The van der Waals surface area contributed by atoms with Crippen LogP contribution in [0.1, 0.15) is 79.2 Å². The molecule has 0 aromatic heterocycles. The van der Waals surface area contributed by atoms with Gasteiger partial charge in [0.25, 0.3) is 0 Å². The van der Waals surface area contributed by atoms with Crippen molar-refractivity contribution in [3.05, 3.63) is 29.8 Å². The Kier molecular flexibility index (Phi) is 19.1. The fourth-order valence-electron chi connectivity index (χ4n) is 7.25. The molecule has 62 heavy (non-hydrogen) atoms. The van der Waals surface area contributed by atoms with E-state index in [1.165, 1.54) is 47.9 Å². The van der Waals surface area contributed by atoms with Crippen molar-refractivity contribution in [3.8, 4) is 5.75 Å². The highest BCUT2D eigenvalue weighted by Gasteiger charge is 2.44. The number of hydrogen-bond acceptors (Lipinski definition) is 12. The van der Waals surface area contributed by atoms with Crippen LogP contribution in [-0.4, -0.2) is 153 Å². The Bertz CT molecular complexity index is 1790. The third-order valence-electron chi connectivity index (χ3n) is 10.6. The van der Waals surface area contributed by atoms with Gasteiger partial charge in [-0.1, -0.05) is 39.8 Å². The molecule has 11 N–H and O–H groups in total. The molecule has 344 valence electrons. The highest BCUT2D eigenvalue weighted by molar-refractivity contribution is 5.98. The third kappa shape index (κ3) is 14.4. The summed E-state index contributed by atoms with van der Waals surface area (Å²) in [6.45, 7) is 8.71.